The maximum atomic E-state index is 13.0. The molecule has 0 atom stereocenters. The van der Waals surface area contributed by atoms with Gasteiger partial charge in [0.15, 0.2) is 5.69 Å². The summed E-state index contributed by atoms with van der Waals surface area (Å²) in [6, 6.07) is 19.1. The summed E-state index contributed by atoms with van der Waals surface area (Å²) in [5.41, 5.74) is 4.12. The van der Waals surface area contributed by atoms with Gasteiger partial charge in [-0.3, -0.25) is 9.59 Å². The van der Waals surface area contributed by atoms with Crippen LogP contribution >= 0.6 is 11.3 Å². The van der Waals surface area contributed by atoms with Gasteiger partial charge in [-0.25, -0.2) is 9.78 Å². The second-order valence-electron chi connectivity index (χ2n) is 9.25. The van der Waals surface area contributed by atoms with Crippen LogP contribution in [0.3, 0.4) is 0 Å². The van der Waals surface area contributed by atoms with Crippen LogP contribution in [0, 0.1) is 13.8 Å². The van der Waals surface area contributed by atoms with Crippen LogP contribution < -0.4 is 20.3 Å². The fourth-order valence-electron chi connectivity index (χ4n) is 4.19. The third-order valence-electron chi connectivity index (χ3n) is 6.38. The van der Waals surface area contributed by atoms with Gasteiger partial charge in [-0.2, -0.15) is 0 Å². The molecule has 1 aromatic heterocycles. The summed E-state index contributed by atoms with van der Waals surface area (Å²) >= 11 is 1.37. The van der Waals surface area contributed by atoms with Crippen molar-refractivity contribution in [2.45, 2.75) is 13.8 Å². The van der Waals surface area contributed by atoms with E-state index in [1.54, 1.807) is 47.8 Å². The minimum Gasteiger partial charge on any atom is -0.422 e. The molecule has 2 heterocycles. The predicted molar refractivity (Wildman–Crippen MR) is 155 cm³/mol. The Morgan fingerprint density at radius 3 is 2.38 bits per heavy atom. The van der Waals surface area contributed by atoms with Gasteiger partial charge in [-0.05, 0) is 74.0 Å². The van der Waals surface area contributed by atoms with Crippen LogP contribution in [0.5, 0.6) is 5.75 Å². The Morgan fingerprint density at radius 1 is 0.900 bits per heavy atom. The highest BCUT2D eigenvalue weighted by molar-refractivity contribution is 7.09. The molecule has 2 N–H and O–H groups in total. The molecule has 0 radical (unpaired) electrons. The molecule has 2 amide bonds. The van der Waals surface area contributed by atoms with Gasteiger partial charge in [-0.1, -0.05) is 12.1 Å². The molecule has 0 aliphatic carbocycles. The summed E-state index contributed by atoms with van der Waals surface area (Å²) in [5, 5.41) is 8.23. The van der Waals surface area contributed by atoms with E-state index in [-0.39, 0.29) is 17.5 Å². The molecule has 0 spiro atoms. The van der Waals surface area contributed by atoms with Gasteiger partial charge < -0.3 is 25.0 Å². The van der Waals surface area contributed by atoms with Crippen molar-refractivity contribution in [3.05, 3.63) is 99.5 Å². The van der Waals surface area contributed by atoms with Crippen LogP contribution in [0.1, 0.15) is 41.8 Å². The number of anilines is 3. The number of benzene rings is 3. The summed E-state index contributed by atoms with van der Waals surface area (Å²) in [5.74, 6) is -0.818. The molecule has 40 heavy (non-hydrogen) atoms. The van der Waals surface area contributed by atoms with E-state index in [4.69, 9.17) is 9.47 Å². The molecular formula is C30H28N4O5S. The number of aromatic nitrogens is 1. The van der Waals surface area contributed by atoms with E-state index in [2.05, 4.69) is 20.5 Å². The van der Waals surface area contributed by atoms with Crippen molar-refractivity contribution in [1.29, 1.82) is 0 Å². The fourth-order valence-corrected chi connectivity index (χ4v) is 4.77. The third-order valence-corrected chi connectivity index (χ3v) is 7.16. The Balaban J connectivity index is 1.22. The standard InChI is InChI=1S/C30H28N4O5S/c1-19-6-9-23(32-29(36)22-4-3-5-24(16-22)34-12-14-38-15-13-34)17-26(19)33-28(35)21-7-10-25(11-8-21)39-30(37)27-18-40-20(2)31-27/h3-11,16-18H,12-15H2,1-2H3,(H,32,36)(H,33,35). The number of carbonyl (C=O) groups is 3. The van der Waals surface area contributed by atoms with Gasteiger partial charge in [0.1, 0.15) is 5.75 Å². The van der Waals surface area contributed by atoms with Crippen molar-refractivity contribution in [2.75, 3.05) is 41.8 Å². The maximum Gasteiger partial charge on any atom is 0.363 e. The number of hydrogen-bond donors (Lipinski definition) is 2. The number of amides is 2. The third kappa shape index (κ3) is 6.53. The molecule has 1 aliphatic heterocycles. The van der Waals surface area contributed by atoms with Crippen molar-refractivity contribution in [2.24, 2.45) is 0 Å². The second kappa shape index (κ2) is 12.1. The molecule has 0 saturated carbocycles. The lowest BCUT2D eigenvalue weighted by Gasteiger charge is -2.29. The van der Waals surface area contributed by atoms with E-state index < -0.39 is 5.97 Å². The van der Waals surface area contributed by atoms with Crippen LogP contribution in [0.15, 0.2) is 72.1 Å². The average Bonchev–Trinajstić information content (AvgIpc) is 3.42. The van der Waals surface area contributed by atoms with Crippen molar-refractivity contribution >= 4 is 46.2 Å². The summed E-state index contributed by atoms with van der Waals surface area (Å²) in [4.78, 5) is 44.5. The predicted octanol–water partition coefficient (Wildman–Crippen LogP) is 5.32. The Bertz CT molecular complexity index is 1540. The van der Waals surface area contributed by atoms with E-state index in [1.807, 2.05) is 38.1 Å². The van der Waals surface area contributed by atoms with Gasteiger partial charge in [0.2, 0.25) is 0 Å². The highest BCUT2D eigenvalue weighted by Crippen LogP contribution is 2.24. The molecule has 10 heteroatoms. The van der Waals surface area contributed by atoms with Crippen LogP contribution in [0.2, 0.25) is 0 Å². The van der Waals surface area contributed by atoms with Crippen molar-refractivity contribution in [3.8, 4) is 5.75 Å². The van der Waals surface area contributed by atoms with Crippen molar-refractivity contribution in [1.82, 2.24) is 4.98 Å². The zero-order valence-corrected chi connectivity index (χ0v) is 22.9. The lowest BCUT2D eigenvalue weighted by molar-refractivity contribution is 0.0729. The molecule has 1 fully saturated rings. The molecule has 0 unspecified atom stereocenters. The molecule has 3 aromatic carbocycles. The van der Waals surface area contributed by atoms with Gasteiger partial charge in [0, 0.05) is 46.7 Å². The van der Waals surface area contributed by atoms with Crippen LogP contribution in [0.25, 0.3) is 0 Å². The number of rotatable bonds is 7. The summed E-state index contributed by atoms with van der Waals surface area (Å²) in [6.07, 6.45) is 0. The zero-order chi connectivity index (χ0) is 28.1. The number of ether oxygens (including phenoxy) is 2. The molecule has 5 rings (SSSR count). The Morgan fingerprint density at radius 2 is 1.65 bits per heavy atom. The van der Waals surface area contributed by atoms with Crippen molar-refractivity contribution < 1.29 is 23.9 Å². The largest absolute Gasteiger partial charge is 0.422 e. The first kappa shape index (κ1) is 27.0. The lowest BCUT2D eigenvalue weighted by Crippen LogP contribution is -2.36. The normalized spacial score (nSPS) is 13.0. The Hall–Kier alpha value is -4.54. The minimum absolute atomic E-state index is 0.241. The minimum atomic E-state index is -0.552. The second-order valence-corrected chi connectivity index (χ2v) is 10.3. The van der Waals surface area contributed by atoms with E-state index in [9.17, 15) is 14.4 Å². The van der Waals surface area contributed by atoms with Crippen LogP contribution in [0.4, 0.5) is 17.1 Å². The van der Waals surface area contributed by atoms with Gasteiger partial charge in [-0.15, -0.1) is 11.3 Å². The smallest absolute Gasteiger partial charge is 0.363 e. The number of morpholine rings is 1. The number of carbonyl (C=O) groups excluding carboxylic acids is 3. The van der Waals surface area contributed by atoms with E-state index in [1.165, 1.54) is 11.3 Å². The highest BCUT2D eigenvalue weighted by atomic mass is 32.1. The summed E-state index contributed by atoms with van der Waals surface area (Å²) in [7, 11) is 0. The van der Waals surface area contributed by atoms with Crippen molar-refractivity contribution in [3.63, 3.8) is 0 Å². The number of esters is 1. The zero-order valence-electron chi connectivity index (χ0n) is 22.1. The SMILES string of the molecule is Cc1nc(C(=O)Oc2ccc(C(=O)Nc3cc(NC(=O)c4cccc(N5CCOCC5)c4)ccc3C)cc2)cs1. The number of aryl methyl sites for hydroxylation is 2. The maximum absolute atomic E-state index is 13.0. The van der Waals surface area contributed by atoms with E-state index in [0.717, 1.165) is 29.3 Å². The fraction of sp³-hybridized carbons (Fsp3) is 0.200. The number of thiazole rings is 1. The summed E-state index contributed by atoms with van der Waals surface area (Å²) < 4.78 is 10.8. The first-order chi connectivity index (χ1) is 19.4. The molecule has 1 aliphatic rings. The number of hydrogen-bond acceptors (Lipinski definition) is 8. The molecule has 9 nitrogen and oxygen atoms in total. The van der Waals surface area contributed by atoms with E-state index >= 15 is 0 Å². The molecule has 204 valence electrons. The van der Waals surface area contributed by atoms with Gasteiger partial charge in [0.05, 0.1) is 18.2 Å². The van der Waals surface area contributed by atoms with Gasteiger partial charge >= 0.3 is 5.97 Å². The first-order valence-electron chi connectivity index (χ1n) is 12.8. The quantitative estimate of drug-likeness (QED) is 0.234. The van der Waals surface area contributed by atoms with Crippen LogP contribution in [-0.4, -0.2) is 49.1 Å². The van der Waals surface area contributed by atoms with Gasteiger partial charge in [0.25, 0.3) is 11.8 Å². The monoisotopic (exact) mass is 556 g/mol. The molecule has 4 aromatic rings. The lowest BCUT2D eigenvalue weighted by atomic mass is 10.1. The highest BCUT2D eigenvalue weighted by Gasteiger charge is 2.16. The number of nitrogens with zero attached hydrogens (tertiary/aromatic N) is 2. The van der Waals surface area contributed by atoms with Crippen LogP contribution in [-0.2, 0) is 4.74 Å². The first-order valence-corrected chi connectivity index (χ1v) is 13.6. The molecule has 1 saturated heterocycles. The van der Waals surface area contributed by atoms with E-state index in [0.29, 0.717) is 41.5 Å². The number of nitrogens with one attached hydrogen (secondary N) is 2. The Kier molecular flexibility index (Phi) is 8.18. The summed E-state index contributed by atoms with van der Waals surface area (Å²) in [6.45, 7) is 6.58. The average molecular weight is 557 g/mol. The molecular weight excluding hydrogens is 528 g/mol. The topological polar surface area (TPSA) is 110 Å². The Labute approximate surface area is 235 Å². The molecule has 0 bridgehead atoms.